The Bertz CT molecular complexity index is 1000. The van der Waals surface area contributed by atoms with E-state index < -0.39 is 0 Å². The van der Waals surface area contributed by atoms with E-state index in [9.17, 15) is 9.18 Å². The average Bonchev–Trinajstić information content (AvgIpc) is 2.78. The van der Waals surface area contributed by atoms with Gasteiger partial charge in [-0.1, -0.05) is 42.5 Å². The Hall–Kier alpha value is -3.73. The Balaban J connectivity index is 1.59. The molecule has 1 heterocycles. The molecule has 1 aromatic heterocycles. The normalized spacial score (nSPS) is 10.7. The average molecular weight is 402 g/mol. The van der Waals surface area contributed by atoms with Gasteiger partial charge in [-0.05, 0) is 42.0 Å². The standard InChI is InChI=1S/C25H23FN2O2/c1-2-17-28(18-21-7-3-4-9-24(21)26)25(29)15-12-20-10-13-23(14-11-20)30-19-22-8-5-6-16-27-22/h2-16H,1,17-19H2/b15-12+. The lowest BCUT2D eigenvalue weighted by atomic mass is 10.1. The minimum atomic E-state index is -0.329. The molecule has 0 aliphatic heterocycles. The summed E-state index contributed by atoms with van der Waals surface area (Å²) in [4.78, 5) is 18.3. The number of aromatic nitrogens is 1. The number of carbonyl (C=O) groups is 1. The van der Waals surface area contributed by atoms with Gasteiger partial charge < -0.3 is 9.64 Å². The summed E-state index contributed by atoms with van der Waals surface area (Å²) in [6.45, 7) is 4.59. The van der Waals surface area contributed by atoms with Gasteiger partial charge in [0.05, 0.1) is 5.69 Å². The van der Waals surface area contributed by atoms with Crippen LogP contribution in [0.5, 0.6) is 5.75 Å². The smallest absolute Gasteiger partial charge is 0.247 e. The maximum absolute atomic E-state index is 13.9. The van der Waals surface area contributed by atoms with Gasteiger partial charge in [0.2, 0.25) is 5.91 Å². The zero-order valence-corrected chi connectivity index (χ0v) is 16.6. The predicted molar refractivity (Wildman–Crippen MR) is 116 cm³/mol. The Morgan fingerprint density at radius 3 is 2.53 bits per heavy atom. The highest BCUT2D eigenvalue weighted by atomic mass is 19.1. The van der Waals surface area contributed by atoms with Gasteiger partial charge in [0.25, 0.3) is 0 Å². The molecule has 0 bridgehead atoms. The third-order valence-electron chi connectivity index (χ3n) is 4.39. The van der Waals surface area contributed by atoms with E-state index in [4.69, 9.17) is 4.74 Å². The summed E-state index contributed by atoms with van der Waals surface area (Å²) in [5.74, 6) is 0.176. The van der Waals surface area contributed by atoms with Crippen molar-refractivity contribution in [2.75, 3.05) is 6.54 Å². The van der Waals surface area contributed by atoms with Crippen LogP contribution >= 0.6 is 0 Å². The van der Waals surface area contributed by atoms with Crippen LogP contribution in [0.1, 0.15) is 16.8 Å². The van der Waals surface area contributed by atoms with Crippen LogP contribution in [0.3, 0.4) is 0 Å². The quantitative estimate of drug-likeness (QED) is 0.372. The summed E-state index contributed by atoms with van der Waals surface area (Å²) in [6.07, 6.45) is 6.56. The first kappa shape index (κ1) is 21.0. The molecular formula is C25H23FN2O2. The predicted octanol–water partition coefficient (Wildman–Crippen LogP) is 5.03. The fourth-order valence-corrected chi connectivity index (χ4v) is 2.81. The molecule has 30 heavy (non-hydrogen) atoms. The van der Waals surface area contributed by atoms with Crippen molar-refractivity contribution in [1.29, 1.82) is 0 Å². The van der Waals surface area contributed by atoms with Gasteiger partial charge in [-0.25, -0.2) is 4.39 Å². The van der Waals surface area contributed by atoms with E-state index in [-0.39, 0.29) is 18.3 Å². The van der Waals surface area contributed by atoms with Gasteiger partial charge in [-0.2, -0.15) is 0 Å². The lowest BCUT2D eigenvalue weighted by Crippen LogP contribution is -2.29. The number of amides is 1. The molecule has 1 amide bonds. The van der Waals surface area contributed by atoms with Gasteiger partial charge >= 0.3 is 0 Å². The number of ether oxygens (including phenoxy) is 1. The molecule has 0 spiro atoms. The number of benzene rings is 2. The SMILES string of the molecule is C=CCN(Cc1ccccc1F)C(=O)/C=C/c1ccc(OCc2ccccn2)cc1. The van der Waals surface area contributed by atoms with E-state index in [1.807, 2.05) is 42.5 Å². The summed E-state index contributed by atoms with van der Waals surface area (Å²) in [6, 6.07) is 19.5. The Kier molecular flexibility index (Phi) is 7.50. The molecular weight excluding hydrogens is 379 g/mol. The van der Waals surface area contributed by atoms with Crippen LogP contribution in [0, 0.1) is 5.82 Å². The molecule has 0 radical (unpaired) electrons. The van der Waals surface area contributed by atoms with E-state index in [0.717, 1.165) is 17.0 Å². The second kappa shape index (κ2) is 10.7. The first-order valence-corrected chi connectivity index (χ1v) is 9.60. The number of hydrogen-bond acceptors (Lipinski definition) is 3. The third-order valence-corrected chi connectivity index (χ3v) is 4.39. The van der Waals surface area contributed by atoms with E-state index in [0.29, 0.717) is 18.7 Å². The van der Waals surface area contributed by atoms with Crippen molar-refractivity contribution in [1.82, 2.24) is 9.88 Å². The number of hydrogen-bond donors (Lipinski definition) is 0. The number of rotatable bonds is 9. The molecule has 4 nitrogen and oxygen atoms in total. The molecule has 3 aromatic rings. The van der Waals surface area contributed by atoms with E-state index in [1.54, 1.807) is 36.5 Å². The van der Waals surface area contributed by atoms with Crippen LogP contribution in [-0.4, -0.2) is 22.3 Å². The van der Waals surface area contributed by atoms with Gasteiger partial charge in [-0.3, -0.25) is 9.78 Å². The second-order valence-electron chi connectivity index (χ2n) is 6.61. The fourth-order valence-electron chi connectivity index (χ4n) is 2.81. The summed E-state index contributed by atoms with van der Waals surface area (Å²) in [5.41, 5.74) is 2.18. The fraction of sp³-hybridized carbons (Fsp3) is 0.120. The Morgan fingerprint density at radius 1 is 1.07 bits per heavy atom. The van der Waals surface area contributed by atoms with Gasteiger partial charge in [0.1, 0.15) is 18.2 Å². The molecule has 0 aliphatic rings. The highest BCUT2D eigenvalue weighted by Gasteiger charge is 2.12. The number of nitrogens with zero attached hydrogens (tertiary/aromatic N) is 2. The molecule has 0 aliphatic carbocycles. The summed E-state index contributed by atoms with van der Waals surface area (Å²) in [5, 5.41) is 0. The third kappa shape index (κ3) is 6.14. The van der Waals surface area contributed by atoms with E-state index in [2.05, 4.69) is 11.6 Å². The molecule has 3 rings (SSSR count). The zero-order chi connectivity index (χ0) is 21.2. The van der Waals surface area contributed by atoms with Crippen molar-refractivity contribution in [3.05, 3.63) is 114 Å². The monoisotopic (exact) mass is 402 g/mol. The van der Waals surface area contributed by atoms with Gasteiger partial charge in [0.15, 0.2) is 0 Å². The van der Waals surface area contributed by atoms with E-state index >= 15 is 0 Å². The first-order chi connectivity index (χ1) is 14.7. The van der Waals surface area contributed by atoms with Crippen LogP contribution < -0.4 is 4.74 Å². The lowest BCUT2D eigenvalue weighted by Gasteiger charge is -2.19. The highest BCUT2D eigenvalue weighted by Crippen LogP contribution is 2.15. The molecule has 0 saturated carbocycles. The van der Waals surface area contributed by atoms with Crippen molar-refractivity contribution in [3.8, 4) is 5.75 Å². The minimum absolute atomic E-state index is 0.183. The molecule has 0 atom stereocenters. The Morgan fingerprint density at radius 2 is 1.83 bits per heavy atom. The van der Waals surface area contributed by atoms with Crippen molar-refractivity contribution in [2.24, 2.45) is 0 Å². The molecule has 0 unspecified atom stereocenters. The number of carbonyl (C=O) groups excluding carboxylic acids is 1. The summed E-state index contributed by atoms with van der Waals surface area (Å²) in [7, 11) is 0. The van der Waals surface area contributed by atoms with Gasteiger partial charge in [-0.15, -0.1) is 6.58 Å². The largest absolute Gasteiger partial charge is 0.487 e. The van der Waals surface area contributed by atoms with Crippen LogP contribution in [0.4, 0.5) is 4.39 Å². The zero-order valence-electron chi connectivity index (χ0n) is 16.6. The minimum Gasteiger partial charge on any atom is -0.487 e. The van der Waals surface area contributed by atoms with E-state index in [1.165, 1.54) is 17.0 Å². The summed E-state index contributed by atoms with van der Waals surface area (Å²) >= 11 is 0. The molecule has 152 valence electrons. The molecule has 0 fully saturated rings. The van der Waals surface area contributed by atoms with Crippen LogP contribution in [-0.2, 0) is 17.9 Å². The Labute approximate surface area is 176 Å². The van der Waals surface area contributed by atoms with Crippen molar-refractivity contribution in [3.63, 3.8) is 0 Å². The van der Waals surface area contributed by atoms with Crippen molar-refractivity contribution in [2.45, 2.75) is 13.2 Å². The maximum atomic E-state index is 13.9. The van der Waals surface area contributed by atoms with Crippen LogP contribution in [0.15, 0.2) is 91.7 Å². The number of halogens is 1. The number of pyridine rings is 1. The van der Waals surface area contributed by atoms with Gasteiger partial charge in [0, 0.05) is 30.9 Å². The second-order valence-corrected chi connectivity index (χ2v) is 6.61. The van der Waals surface area contributed by atoms with Crippen molar-refractivity contribution >= 4 is 12.0 Å². The van der Waals surface area contributed by atoms with Crippen LogP contribution in [0.2, 0.25) is 0 Å². The first-order valence-electron chi connectivity index (χ1n) is 9.60. The lowest BCUT2D eigenvalue weighted by molar-refractivity contribution is -0.126. The highest BCUT2D eigenvalue weighted by molar-refractivity contribution is 5.91. The molecule has 2 aromatic carbocycles. The summed E-state index contributed by atoms with van der Waals surface area (Å²) < 4.78 is 19.6. The molecule has 0 saturated heterocycles. The molecule has 5 heteroatoms. The van der Waals surface area contributed by atoms with Crippen LogP contribution in [0.25, 0.3) is 6.08 Å². The van der Waals surface area contributed by atoms with Crippen molar-refractivity contribution < 1.29 is 13.9 Å². The topological polar surface area (TPSA) is 42.4 Å². The molecule has 0 N–H and O–H groups in total. The maximum Gasteiger partial charge on any atom is 0.247 e.